The van der Waals surface area contributed by atoms with Crippen molar-refractivity contribution < 1.29 is 23.9 Å². The highest BCUT2D eigenvalue weighted by molar-refractivity contribution is 6.21. The maximum absolute atomic E-state index is 13.2. The first kappa shape index (κ1) is 23.0. The van der Waals surface area contributed by atoms with E-state index in [4.69, 9.17) is 9.47 Å². The van der Waals surface area contributed by atoms with Crippen LogP contribution in [0.15, 0.2) is 42.5 Å². The molecule has 1 saturated heterocycles. The van der Waals surface area contributed by atoms with E-state index in [1.807, 2.05) is 37.3 Å². The van der Waals surface area contributed by atoms with E-state index >= 15 is 0 Å². The molecule has 1 atom stereocenters. The number of carbonyl (C=O) groups is 3. The molecule has 0 aromatic heterocycles. The van der Waals surface area contributed by atoms with Crippen LogP contribution >= 0.6 is 0 Å². The molecule has 2 aliphatic rings. The second-order valence-electron chi connectivity index (χ2n) is 8.64. The van der Waals surface area contributed by atoms with E-state index in [1.165, 1.54) is 4.90 Å². The molecule has 2 heterocycles. The van der Waals surface area contributed by atoms with Gasteiger partial charge in [0, 0.05) is 38.2 Å². The molecular weight excluding hydrogens is 420 g/mol. The Hall–Kier alpha value is -3.19. The minimum absolute atomic E-state index is 0.0242. The maximum atomic E-state index is 13.2. The van der Waals surface area contributed by atoms with Gasteiger partial charge in [-0.05, 0) is 44.4 Å². The highest BCUT2D eigenvalue weighted by Crippen LogP contribution is 2.25. The van der Waals surface area contributed by atoms with Gasteiger partial charge in [-0.3, -0.25) is 19.3 Å². The number of ether oxygens (including phenoxy) is 2. The summed E-state index contributed by atoms with van der Waals surface area (Å²) in [6, 6.07) is 12.9. The number of benzene rings is 2. The molecule has 2 aliphatic heterocycles. The van der Waals surface area contributed by atoms with Crippen LogP contribution in [0.25, 0.3) is 0 Å². The van der Waals surface area contributed by atoms with Crippen molar-refractivity contribution in [3.8, 4) is 5.75 Å². The van der Waals surface area contributed by atoms with Gasteiger partial charge in [0.2, 0.25) is 5.91 Å². The Kier molecular flexibility index (Phi) is 7.08. The van der Waals surface area contributed by atoms with Crippen LogP contribution in [0.4, 0.5) is 0 Å². The maximum Gasteiger partial charge on any atom is 0.261 e. The van der Waals surface area contributed by atoms with Gasteiger partial charge in [-0.1, -0.05) is 29.8 Å². The third kappa shape index (κ3) is 5.09. The molecule has 1 unspecified atom stereocenters. The predicted octanol–water partition coefficient (Wildman–Crippen LogP) is 3.59. The fourth-order valence-corrected chi connectivity index (χ4v) is 4.48. The van der Waals surface area contributed by atoms with Crippen molar-refractivity contribution in [2.75, 3.05) is 26.8 Å². The molecule has 2 aromatic carbocycles. The van der Waals surface area contributed by atoms with Gasteiger partial charge in [0.1, 0.15) is 5.75 Å². The van der Waals surface area contributed by atoms with Crippen molar-refractivity contribution in [1.82, 2.24) is 9.80 Å². The van der Waals surface area contributed by atoms with Gasteiger partial charge in [-0.25, -0.2) is 0 Å². The van der Waals surface area contributed by atoms with E-state index in [1.54, 1.807) is 24.1 Å². The molecule has 0 saturated carbocycles. The predicted molar refractivity (Wildman–Crippen MR) is 123 cm³/mol. The van der Waals surface area contributed by atoms with Crippen LogP contribution in [-0.4, -0.2) is 60.4 Å². The van der Waals surface area contributed by atoms with Gasteiger partial charge >= 0.3 is 0 Å². The van der Waals surface area contributed by atoms with Gasteiger partial charge in [-0.2, -0.15) is 0 Å². The smallest absolute Gasteiger partial charge is 0.261 e. The summed E-state index contributed by atoms with van der Waals surface area (Å²) in [6.07, 6.45) is 2.62. The minimum atomic E-state index is -0.285. The van der Waals surface area contributed by atoms with E-state index in [0.717, 1.165) is 36.3 Å². The van der Waals surface area contributed by atoms with Crippen LogP contribution in [-0.2, 0) is 16.1 Å². The average molecular weight is 451 g/mol. The molecular formula is C26H30N2O5. The zero-order chi connectivity index (χ0) is 23.4. The second kappa shape index (κ2) is 10.2. The molecule has 33 heavy (non-hydrogen) atoms. The monoisotopic (exact) mass is 450 g/mol. The van der Waals surface area contributed by atoms with E-state index in [9.17, 15) is 14.4 Å². The summed E-state index contributed by atoms with van der Waals surface area (Å²) in [5.41, 5.74) is 2.76. The fraction of sp³-hybridized carbons (Fsp3) is 0.423. The molecule has 7 heteroatoms. The van der Waals surface area contributed by atoms with E-state index in [2.05, 4.69) is 0 Å². The van der Waals surface area contributed by atoms with E-state index in [-0.39, 0.29) is 36.8 Å². The summed E-state index contributed by atoms with van der Waals surface area (Å²) in [5.74, 6) is 0.150. The molecule has 2 aromatic rings. The molecule has 0 radical (unpaired) electrons. The SMILES string of the molecule is COc1ccccc1CN(CC1CCCO1)C(=O)CCCN1C(=O)c2ccc(C)cc2C1=O. The highest BCUT2D eigenvalue weighted by Gasteiger charge is 2.35. The minimum Gasteiger partial charge on any atom is -0.496 e. The second-order valence-corrected chi connectivity index (χ2v) is 8.64. The molecule has 0 bridgehead atoms. The number of para-hydroxylation sites is 1. The van der Waals surface area contributed by atoms with Crippen LogP contribution in [0.2, 0.25) is 0 Å². The third-order valence-corrected chi connectivity index (χ3v) is 6.25. The van der Waals surface area contributed by atoms with Crippen LogP contribution in [0.1, 0.15) is 57.5 Å². The normalized spacial score (nSPS) is 17.4. The lowest BCUT2D eigenvalue weighted by molar-refractivity contribution is -0.133. The summed E-state index contributed by atoms with van der Waals surface area (Å²) in [4.78, 5) is 41.6. The lowest BCUT2D eigenvalue weighted by Gasteiger charge is -2.26. The summed E-state index contributed by atoms with van der Waals surface area (Å²) >= 11 is 0. The first-order valence-corrected chi connectivity index (χ1v) is 11.5. The summed E-state index contributed by atoms with van der Waals surface area (Å²) < 4.78 is 11.2. The van der Waals surface area contributed by atoms with Crippen LogP contribution in [0, 0.1) is 6.92 Å². The standard InChI is InChI=1S/C26H30N2O5/c1-18-11-12-21-22(15-18)26(31)28(25(21)30)13-5-10-24(29)27(17-20-8-6-14-33-20)16-19-7-3-4-9-23(19)32-2/h3-4,7,9,11-12,15,20H,5-6,8,10,13-14,16-17H2,1-2H3. The topological polar surface area (TPSA) is 76.2 Å². The summed E-state index contributed by atoms with van der Waals surface area (Å²) in [7, 11) is 1.62. The van der Waals surface area contributed by atoms with Crippen LogP contribution < -0.4 is 4.74 Å². The quantitative estimate of drug-likeness (QED) is 0.546. The molecule has 7 nitrogen and oxygen atoms in total. The summed E-state index contributed by atoms with van der Waals surface area (Å²) in [6.45, 7) is 3.78. The Bertz CT molecular complexity index is 1040. The molecule has 0 aliphatic carbocycles. The number of amides is 3. The van der Waals surface area contributed by atoms with Crippen molar-refractivity contribution in [3.05, 3.63) is 64.7 Å². The first-order chi connectivity index (χ1) is 16.0. The number of imide groups is 1. The largest absolute Gasteiger partial charge is 0.496 e. The molecule has 0 spiro atoms. The molecule has 1 fully saturated rings. The first-order valence-electron chi connectivity index (χ1n) is 11.5. The van der Waals surface area contributed by atoms with Gasteiger partial charge in [0.15, 0.2) is 0 Å². The Labute approximate surface area is 194 Å². The van der Waals surface area contributed by atoms with Gasteiger partial charge in [-0.15, -0.1) is 0 Å². The van der Waals surface area contributed by atoms with Crippen LogP contribution in [0.3, 0.4) is 0 Å². The van der Waals surface area contributed by atoms with Crippen molar-refractivity contribution in [2.24, 2.45) is 0 Å². The number of carbonyl (C=O) groups excluding carboxylic acids is 3. The Morgan fingerprint density at radius 1 is 1.15 bits per heavy atom. The zero-order valence-electron chi connectivity index (χ0n) is 19.2. The fourth-order valence-electron chi connectivity index (χ4n) is 4.48. The molecule has 3 amide bonds. The number of fused-ring (bicyclic) bond motifs is 1. The molecule has 4 rings (SSSR count). The van der Waals surface area contributed by atoms with Crippen molar-refractivity contribution >= 4 is 17.7 Å². The van der Waals surface area contributed by atoms with Gasteiger partial charge in [0.25, 0.3) is 11.8 Å². The molecule has 174 valence electrons. The van der Waals surface area contributed by atoms with Crippen molar-refractivity contribution in [1.29, 1.82) is 0 Å². The number of hydrogen-bond acceptors (Lipinski definition) is 5. The summed E-state index contributed by atoms with van der Waals surface area (Å²) in [5, 5.41) is 0. The van der Waals surface area contributed by atoms with Crippen molar-refractivity contribution in [2.45, 2.75) is 45.3 Å². The third-order valence-electron chi connectivity index (χ3n) is 6.25. The highest BCUT2D eigenvalue weighted by atomic mass is 16.5. The van der Waals surface area contributed by atoms with E-state index < -0.39 is 0 Å². The number of hydrogen-bond donors (Lipinski definition) is 0. The zero-order valence-corrected chi connectivity index (χ0v) is 19.2. The molecule has 0 N–H and O–H groups in total. The van der Waals surface area contributed by atoms with Gasteiger partial charge < -0.3 is 14.4 Å². The Balaban J connectivity index is 1.39. The lowest BCUT2D eigenvalue weighted by Crippen LogP contribution is -2.37. The Morgan fingerprint density at radius 2 is 1.94 bits per heavy atom. The number of rotatable bonds is 9. The number of aryl methyl sites for hydroxylation is 1. The van der Waals surface area contributed by atoms with Crippen LogP contribution in [0.5, 0.6) is 5.75 Å². The number of nitrogens with zero attached hydrogens (tertiary/aromatic N) is 2. The van der Waals surface area contributed by atoms with Crippen molar-refractivity contribution in [3.63, 3.8) is 0 Å². The van der Waals surface area contributed by atoms with Gasteiger partial charge in [0.05, 0.1) is 24.3 Å². The number of methoxy groups -OCH3 is 1. The lowest BCUT2D eigenvalue weighted by atomic mass is 10.1. The van der Waals surface area contributed by atoms with E-state index in [0.29, 0.717) is 30.6 Å². The Morgan fingerprint density at radius 3 is 2.70 bits per heavy atom. The average Bonchev–Trinajstić information content (AvgIpc) is 3.41.